The van der Waals surface area contributed by atoms with Crippen LogP contribution in [0.1, 0.15) is 18.9 Å². The van der Waals surface area contributed by atoms with Crippen molar-refractivity contribution in [1.29, 1.82) is 0 Å². The number of allylic oxidation sites excluding steroid dienone is 1. The lowest BCUT2D eigenvalue weighted by Gasteiger charge is -2.06. The summed E-state index contributed by atoms with van der Waals surface area (Å²) >= 11 is 0. The summed E-state index contributed by atoms with van der Waals surface area (Å²) in [5.74, 6) is 0. The van der Waals surface area contributed by atoms with E-state index in [9.17, 15) is 12.8 Å². The van der Waals surface area contributed by atoms with Gasteiger partial charge in [-0.15, -0.1) is 0 Å². The zero-order chi connectivity index (χ0) is 15.3. The summed E-state index contributed by atoms with van der Waals surface area (Å²) in [6.07, 6.45) is 0.992. The van der Waals surface area contributed by atoms with E-state index < -0.39 is 15.0 Å². The van der Waals surface area contributed by atoms with Gasteiger partial charge in [0.2, 0.25) is 15.0 Å². The number of hydrogen-bond donors (Lipinski definition) is 0. The second-order valence-electron chi connectivity index (χ2n) is 4.86. The summed E-state index contributed by atoms with van der Waals surface area (Å²) in [7, 11) is -4.03. The van der Waals surface area contributed by atoms with Crippen LogP contribution in [0, 0.1) is 0 Å². The average molecular weight is 304 g/mol. The second-order valence-corrected chi connectivity index (χ2v) is 6.69. The van der Waals surface area contributed by atoms with Crippen molar-refractivity contribution in [3.05, 3.63) is 77.0 Å². The molecule has 0 atom stereocenters. The predicted molar refractivity (Wildman–Crippen MR) is 82.2 cm³/mol. The summed E-state index contributed by atoms with van der Waals surface area (Å²) in [5, 5.41) is -1.04. The zero-order valence-electron chi connectivity index (χ0n) is 11.8. The Kier molecular flexibility index (Phi) is 4.91. The van der Waals surface area contributed by atoms with Crippen LogP contribution in [-0.4, -0.2) is 8.42 Å². The van der Waals surface area contributed by atoms with E-state index in [1.165, 1.54) is 19.1 Å². The minimum atomic E-state index is -4.03. The molecule has 0 radical (unpaired) electrons. The number of aryl methyl sites for hydroxylation is 1. The van der Waals surface area contributed by atoms with Crippen molar-refractivity contribution in [2.24, 2.45) is 0 Å². The Morgan fingerprint density at radius 1 is 0.952 bits per heavy atom. The third-order valence-electron chi connectivity index (χ3n) is 3.26. The average Bonchev–Trinajstić information content (AvgIpc) is 2.53. The molecule has 0 unspecified atom stereocenters. The van der Waals surface area contributed by atoms with Crippen LogP contribution in [0.3, 0.4) is 0 Å². The Hall–Kier alpha value is -1.94. The molecule has 0 aliphatic carbocycles. The fraction of sp³-hybridized carbons (Fsp3) is 0.176. The van der Waals surface area contributed by atoms with E-state index in [0.29, 0.717) is 12.8 Å². The Labute approximate surface area is 124 Å². The fourth-order valence-electron chi connectivity index (χ4n) is 2.01. The number of hydrogen-bond acceptors (Lipinski definition) is 2. The fourth-order valence-corrected chi connectivity index (χ4v) is 3.29. The van der Waals surface area contributed by atoms with Gasteiger partial charge in [-0.1, -0.05) is 48.5 Å². The van der Waals surface area contributed by atoms with Gasteiger partial charge in [0.15, 0.2) is 0 Å². The maximum atomic E-state index is 14.3. The van der Waals surface area contributed by atoms with Gasteiger partial charge >= 0.3 is 0 Å². The molecule has 2 aromatic rings. The van der Waals surface area contributed by atoms with E-state index in [2.05, 4.69) is 0 Å². The molecule has 4 heteroatoms. The molecule has 0 aliphatic heterocycles. The monoisotopic (exact) mass is 304 g/mol. The summed E-state index contributed by atoms with van der Waals surface area (Å²) in [4.78, 5) is -0.0124. The van der Waals surface area contributed by atoms with Gasteiger partial charge in [0.05, 0.1) is 4.90 Å². The molecule has 21 heavy (non-hydrogen) atoms. The molecule has 0 saturated carbocycles. The van der Waals surface area contributed by atoms with Crippen LogP contribution in [0.15, 0.2) is 76.3 Å². The highest BCUT2D eigenvalue weighted by Crippen LogP contribution is 2.25. The summed E-state index contributed by atoms with van der Waals surface area (Å²) in [6, 6.07) is 17.3. The molecule has 0 spiro atoms. The Bertz CT molecular complexity index is 720. The van der Waals surface area contributed by atoms with Crippen LogP contribution >= 0.6 is 0 Å². The molecule has 0 fully saturated rings. The van der Waals surface area contributed by atoms with Crippen LogP contribution in [0.2, 0.25) is 0 Å². The van der Waals surface area contributed by atoms with Crippen molar-refractivity contribution in [1.82, 2.24) is 0 Å². The molecule has 2 nitrogen and oxygen atoms in total. The lowest BCUT2D eigenvalue weighted by molar-refractivity contribution is 0.572. The van der Waals surface area contributed by atoms with E-state index in [1.807, 2.05) is 30.3 Å². The maximum Gasteiger partial charge on any atom is 0.233 e. The lowest BCUT2D eigenvalue weighted by atomic mass is 10.1. The Morgan fingerprint density at radius 2 is 1.48 bits per heavy atom. The number of rotatable bonds is 5. The highest BCUT2D eigenvalue weighted by atomic mass is 32.2. The van der Waals surface area contributed by atoms with Gasteiger partial charge in [0.25, 0.3) is 0 Å². The van der Waals surface area contributed by atoms with E-state index in [1.54, 1.807) is 18.2 Å². The van der Waals surface area contributed by atoms with Crippen LogP contribution in [0.5, 0.6) is 0 Å². The van der Waals surface area contributed by atoms with Gasteiger partial charge in [0, 0.05) is 0 Å². The summed E-state index contributed by atoms with van der Waals surface area (Å²) in [5.41, 5.74) is 1.31. The Morgan fingerprint density at radius 3 is 2.05 bits per heavy atom. The van der Waals surface area contributed by atoms with E-state index in [0.717, 1.165) is 5.56 Å². The van der Waals surface area contributed by atoms with Crippen molar-refractivity contribution >= 4 is 9.84 Å². The largest absolute Gasteiger partial charge is 0.233 e. The minimum Gasteiger partial charge on any atom is -0.216 e. The smallest absolute Gasteiger partial charge is 0.216 e. The van der Waals surface area contributed by atoms with Crippen LogP contribution in [0.25, 0.3) is 0 Å². The SMILES string of the molecule is C/C(CCc1ccccc1)=C(\F)S(=O)(=O)c1ccccc1. The summed E-state index contributed by atoms with van der Waals surface area (Å²) in [6.45, 7) is 1.53. The molecule has 0 amide bonds. The molecule has 0 heterocycles. The third kappa shape index (κ3) is 3.79. The topological polar surface area (TPSA) is 34.1 Å². The first kappa shape index (κ1) is 15.4. The number of halogens is 1. The molecule has 0 aliphatic rings. The Balaban J connectivity index is 2.18. The van der Waals surface area contributed by atoms with E-state index >= 15 is 0 Å². The van der Waals surface area contributed by atoms with E-state index in [-0.39, 0.29) is 10.5 Å². The van der Waals surface area contributed by atoms with Crippen molar-refractivity contribution in [3.63, 3.8) is 0 Å². The highest BCUT2D eigenvalue weighted by Gasteiger charge is 2.22. The zero-order valence-corrected chi connectivity index (χ0v) is 12.6. The highest BCUT2D eigenvalue weighted by molar-refractivity contribution is 7.95. The van der Waals surface area contributed by atoms with Crippen LogP contribution in [-0.2, 0) is 16.3 Å². The molecule has 2 rings (SSSR count). The molecular weight excluding hydrogens is 287 g/mol. The first-order valence-electron chi connectivity index (χ1n) is 6.71. The minimum absolute atomic E-state index is 0.0124. The first-order valence-corrected chi connectivity index (χ1v) is 8.19. The van der Waals surface area contributed by atoms with Gasteiger partial charge in [0.1, 0.15) is 0 Å². The van der Waals surface area contributed by atoms with Gasteiger partial charge in [-0.25, -0.2) is 8.42 Å². The molecule has 2 aromatic carbocycles. The van der Waals surface area contributed by atoms with Gasteiger partial charge in [-0.3, -0.25) is 0 Å². The summed E-state index contributed by atoms with van der Waals surface area (Å²) < 4.78 is 38.6. The van der Waals surface area contributed by atoms with Crippen LogP contribution in [0.4, 0.5) is 4.39 Å². The molecule has 0 aromatic heterocycles. The van der Waals surface area contributed by atoms with Crippen molar-refractivity contribution in [2.45, 2.75) is 24.7 Å². The van der Waals surface area contributed by atoms with Gasteiger partial charge in [-0.05, 0) is 43.0 Å². The molecule has 110 valence electrons. The molecule has 0 bridgehead atoms. The van der Waals surface area contributed by atoms with Crippen molar-refractivity contribution in [3.8, 4) is 0 Å². The maximum absolute atomic E-state index is 14.3. The van der Waals surface area contributed by atoms with Crippen molar-refractivity contribution < 1.29 is 12.8 Å². The predicted octanol–water partition coefficient (Wildman–Crippen LogP) is 4.29. The molecular formula is C17H17FO2S. The quantitative estimate of drug-likeness (QED) is 0.825. The van der Waals surface area contributed by atoms with Crippen molar-refractivity contribution in [2.75, 3.05) is 0 Å². The first-order chi connectivity index (χ1) is 10.0. The van der Waals surface area contributed by atoms with E-state index in [4.69, 9.17) is 0 Å². The second kappa shape index (κ2) is 6.68. The van der Waals surface area contributed by atoms with Gasteiger partial charge < -0.3 is 0 Å². The molecule has 0 N–H and O–H groups in total. The lowest BCUT2D eigenvalue weighted by Crippen LogP contribution is -2.04. The standard InChI is InChI=1S/C17H17FO2S/c1-14(12-13-15-8-4-2-5-9-15)17(18)21(19,20)16-10-6-3-7-11-16/h2-11H,12-13H2,1H3/b17-14-. The number of sulfone groups is 1. The third-order valence-corrected chi connectivity index (χ3v) is 4.97. The van der Waals surface area contributed by atoms with Crippen LogP contribution < -0.4 is 0 Å². The molecule has 0 saturated heterocycles. The number of benzene rings is 2. The normalized spacial score (nSPS) is 12.9. The van der Waals surface area contributed by atoms with Gasteiger partial charge in [-0.2, -0.15) is 4.39 Å².